The molecule has 0 aliphatic rings. The lowest BCUT2D eigenvalue weighted by atomic mass is 9.79. The number of benzene rings is 2. The molecule has 3 heteroatoms. The Labute approximate surface area is 118 Å². The number of ether oxygens (including phenoxy) is 1. The molecule has 2 aromatic rings. The van der Waals surface area contributed by atoms with E-state index in [4.69, 9.17) is 4.74 Å². The maximum Gasteiger partial charge on any atom is 0.345 e. The lowest BCUT2D eigenvalue weighted by Gasteiger charge is -2.32. The Balaban J connectivity index is 2.31. The fourth-order valence-electron chi connectivity index (χ4n) is 2.16. The normalized spacial score (nSPS) is 12.7. The third-order valence-electron chi connectivity index (χ3n) is 3.39. The van der Waals surface area contributed by atoms with Crippen molar-refractivity contribution in [3.63, 3.8) is 0 Å². The van der Waals surface area contributed by atoms with Gasteiger partial charge in [-0.15, -0.1) is 0 Å². The Kier molecular flexibility index (Phi) is 4.08. The first-order valence-electron chi connectivity index (χ1n) is 6.52. The highest BCUT2D eigenvalue weighted by Crippen LogP contribution is 2.30. The van der Waals surface area contributed by atoms with Crippen molar-refractivity contribution in [1.29, 1.82) is 0 Å². The average Bonchev–Trinajstić information content (AvgIpc) is 2.46. The van der Waals surface area contributed by atoms with E-state index in [1.807, 2.05) is 62.4 Å². The molecule has 1 unspecified atom stereocenters. The van der Waals surface area contributed by atoms with E-state index < -0.39 is 17.5 Å². The number of hydrogen-bond acceptors (Lipinski definition) is 2. The van der Waals surface area contributed by atoms with Gasteiger partial charge in [-0.25, -0.2) is 4.79 Å². The van der Waals surface area contributed by atoms with Crippen LogP contribution in [0.5, 0.6) is 5.75 Å². The Morgan fingerprint density at radius 1 is 1.00 bits per heavy atom. The van der Waals surface area contributed by atoms with Crippen LogP contribution in [0.15, 0.2) is 60.7 Å². The van der Waals surface area contributed by atoms with E-state index in [-0.39, 0.29) is 0 Å². The minimum atomic E-state index is -0.970. The van der Waals surface area contributed by atoms with Crippen molar-refractivity contribution in [3.05, 3.63) is 66.2 Å². The van der Waals surface area contributed by atoms with Crippen LogP contribution in [-0.4, -0.2) is 17.2 Å². The summed E-state index contributed by atoms with van der Waals surface area (Å²) in [4.78, 5) is 11.6. The second kappa shape index (κ2) is 5.78. The van der Waals surface area contributed by atoms with Crippen molar-refractivity contribution < 1.29 is 14.6 Å². The number of aliphatic carboxylic acids is 1. The van der Waals surface area contributed by atoms with E-state index >= 15 is 0 Å². The molecule has 0 spiro atoms. The van der Waals surface area contributed by atoms with Crippen LogP contribution < -0.4 is 4.74 Å². The van der Waals surface area contributed by atoms with Gasteiger partial charge in [0.25, 0.3) is 0 Å². The summed E-state index contributed by atoms with van der Waals surface area (Å²) in [7, 11) is 0. The topological polar surface area (TPSA) is 46.5 Å². The number of carbonyl (C=O) groups is 1. The zero-order valence-corrected chi connectivity index (χ0v) is 11.6. The summed E-state index contributed by atoms with van der Waals surface area (Å²) in [6, 6.07) is 18.6. The van der Waals surface area contributed by atoms with E-state index in [0.29, 0.717) is 5.75 Å². The quantitative estimate of drug-likeness (QED) is 0.904. The summed E-state index contributed by atoms with van der Waals surface area (Å²) < 4.78 is 5.70. The first kappa shape index (κ1) is 14.1. The molecular formula is C17H18O3. The molecule has 20 heavy (non-hydrogen) atoms. The second-order valence-electron chi connectivity index (χ2n) is 5.24. The number of carboxylic acids is 1. The fourth-order valence-corrected chi connectivity index (χ4v) is 2.16. The molecule has 104 valence electrons. The molecule has 0 radical (unpaired) electrons. The first-order chi connectivity index (χ1) is 9.51. The zero-order valence-electron chi connectivity index (χ0n) is 11.6. The molecule has 1 atom stereocenters. The number of para-hydroxylation sites is 1. The maximum atomic E-state index is 11.6. The predicted octanol–water partition coefficient (Wildman–Crippen LogP) is 3.50. The van der Waals surface area contributed by atoms with Crippen LogP contribution in [0, 0.1) is 0 Å². The Hall–Kier alpha value is -2.29. The Morgan fingerprint density at radius 3 is 2.00 bits per heavy atom. The molecule has 0 heterocycles. The number of rotatable bonds is 5. The molecule has 0 aliphatic heterocycles. The number of hydrogen-bond donors (Lipinski definition) is 1. The van der Waals surface area contributed by atoms with Gasteiger partial charge in [0.1, 0.15) is 5.75 Å². The van der Waals surface area contributed by atoms with Crippen LogP contribution in [0.25, 0.3) is 0 Å². The SMILES string of the molecule is CC(C)(c1ccccc1)C(Oc1ccccc1)C(=O)O. The zero-order chi connectivity index (χ0) is 14.6. The highest BCUT2D eigenvalue weighted by Gasteiger charge is 2.38. The van der Waals surface area contributed by atoms with Crippen molar-refractivity contribution in [2.24, 2.45) is 0 Å². The van der Waals surface area contributed by atoms with E-state index in [9.17, 15) is 9.90 Å². The van der Waals surface area contributed by atoms with Gasteiger partial charge in [-0.3, -0.25) is 0 Å². The van der Waals surface area contributed by atoms with E-state index in [1.165, 1.54) is 0 Å². The summed E-state index contributed by atoms with van der Waals surface area (Å²) >= 11 is 0. The predicted molar refractivity (Wildman–Crippen MR) is 78.0 cm³/mol. The largest absolute Gasteiger partial charge is 0.478 e. The molecule has 3 nitrogen and oxygen atoms in total. The summed E-state index contributed by atoms with van der Waals surface area (Å²) in [5.74, 6) is -0.411. The van der Waals surface area contributed by atoms with Crippen LogP contribution in [0.4, 0.5) is 0 Å². The lowest BCUT2D eigenvalue weighted by Crippen LogP contribution is -2.44. The maximum absolute atomic E-state index is 11.6. The summed E-state index contributed by atoms with van der Waals surface area (Å²) in [5.41, 5.74) is 0.298. The summed E-state index contributed by atoms with van der Waals surface area (Å²) in [5, 5.41) is 9.51. The Morgan fingerprint density at radius 2 is 1.50 bits per heavy atom. The third kappa shape index (κ3) is 2.99. The van der Waals surface area contributed by atoms with Crippen molar-refractivity contribution in [1.82, 2.24) is 0 Å². The standard InChI is InChI=1S/C17H18O3/c1-17(2,13-9-5-3-6-10-13)15(16(18)19)20-14-11-7-4-8-12-14/h3-12,15H,1-2H3,(H,18,19). The van der Waals surface area contributed by atoms with Gasteiger partial charge in [0.05, 0.1) is 0 Å². The van der Waals surface area contributed by atoms with Crippen LogP contribution in [-0.2, 0) is 10.2 Å². The van der Waals surface area contributed by atoms with E-state index in [0.717, 1.165) is 5.56 Å². The molecule has 0 fully saturated rings. The van der Waals surface area contributed by atoms with Gasteiger partial charge in [0.15, 0.2) is 0 Å². The molecule has 0 amide bonds. The first-order valence-corrected chi connectivity index (χ1v) is 6.52. The molecule has 2 rings (SSSR count). The van der Waals surface area contributed by atoms with Gasteiger partial charge < -0.3 is 9.84 Å². The van der Waals surface area contributed by atoms with Crippen molar-refractivity contribution >= 4 is 5.97 Å². The number of carboxylic acid groups (broad SMARTS) is 1. The smallest absolute Gasteiger partial charge is 0.345 e. The molecule has 0 aromatic heterocycles. The molecule has 1 N–H and O–H groups in total. The highest BCUT2D eigenvalue weighted by atomic mass is 16.5. The van der Waals surface area contributed by atoms with Crippen molar-refractivity contribution in [2.45, 2.75) is 25.4 Å². The van der Waals surface area contributed by atoms with Crippen LogP contribution in [0.2, 0.25) is 0 Å². The lowest BCUT2D eigenvalue weighted by molar-refractivity contribution is -0.148. The monoisotopic (exact) mass is 270 g/mol. The third-order valence-corrected chi connectivity index (χ3v) is 3.39. The van der Waals surface area contributed by atoms with Crippen LogP contribution >= 0.6 is 0 Å². The van der Waals surface area contributed by atoms with Crippen LogP contribution in [0.3, 0.4) is 0 Å². The van der Waals surface area contributed by atoms with Gasteiger partial charge in [-0.2, -0.15) is 0 Å². The second-order valence-corrected chi connectivity index (χ2v) is 5.24. The van der Waals surface area contributed by atoms with Crippen molar-refractivity contribution in [2.75, 3.05) is 0 Å². The van der Waals surface area contributed by atoms with Gasteiger partial charge in [0, 0.05) is 5.41 Å². The van der Waals surface area contributed by atoms with Gasteiger partial charge >= 0.3 is 5.97 Å². The fraction of sp³-hybridized carbons (Fsp3) is 0.235. The van der Waals surface area contributed by atoms with E-state index in [1.54, 1.807) is 12.1 Å². The average molecular weight is 270 g/mol. The molecule has 0 saturated carbocycles. The van der Waals surface area contributed by atoms with Gasteiger partial charge in [-0.1, -0.05) is 62.4 Å². The van der Waals surface area contributed by atoms with E-state index in [2.05, 4.69) is 0 Å². The highest BCUT2D eigenvalue weighted by molar-refractivity contribution is 5.75. The van der Waals surface area contributed by atoms with Gasteiger partial charge in [0.2, 0.25) is 6.10 Å². The minimum absolute atomic E-state index is 0.559. The summed E-state index contributed by atoms with van der Waals surface area (Å²) in [6.45, 7) is 3.76. The van der Waals surface area contributed by atoms with Crippen LogP contribution in [0.1, 0.15) is 19.4 Å². The minimum Gasteiger partial charge on any atom is -0.478 e. The van der Waals surface area contributed by atoms with Gasteiger partial charge in [-0.05, 0) is 17.7 Å². The molecule has 0 aliphatic carbocycles. The molecular weight excluding hydrogens is 252 g/mol. The molecule has 2 aromatic carbocycles. The molecule has 0 bridgehead atoms. The Bertz CT molecular complexity index is 561. The molecule has 0 saturated heterocycles. The summed E-state index contributed by atoms with van der Waals surface area (Å²) in [6.07, 6.45) is -0.952. The van der Waals surface area contributed by atoms with Crippen molar-refractivity contribution in [3.8, 4) is 5.75 Å².